The Bertz CT molecular complexity index is 982. The van der Waals surface area contributed by atoms with E-state index in [-0.39, 0.29) is 12.1 Å². The van der Waals surface area contributed by atoms with Gasteiger partial charge in [0.1, 0.15) is 23.4 Å². The first-order valence-electron chi connectivity index (χ1n) is 9.06. The summed E-state index contributed by atoms with van der Waals surface area (Å²) in [5, 5.41) is 11.1. The van der Waals surface area contributed by atoms with Gasteiger partial charge in [0, 0.05) is 12.1 Å². The molecular formula is C21H22N4O3. The Morgan fingerprint density at radius 1 is 1.11 bits per heavy atom. The van der Waals surface area contributed by atoms with Crippen LogP contribution in [0.4, 0.5) is 0 Å². The van der Waals surface area contributed by atoms with E-state index in [4.69, 9.17) is 9.47 Å². The standard InChI is InChI=1S/C21H22N4O3/c1-27-16-8-6-14(7-9-16)12-22-20-13-23-21(26)19-11-18(24-25(19)20)15-4-3-5-17(10-15)28-2/h3-11,20,22H,12-13H2,1-2H3,(H,23,26)/t20-/m1/s1. The van der Waals surface area contributed by atoms with Gasteiger partial charge in [0.25, 0.3) is 5.91 Å². The number of aromatic nitrogens is 2. The second kappa shape index (κ2) is 7.74. The molecule has 0 fully saturated rings. The number of amides is 1. The molecule has 144 valence electrons. The van der Waals surface area contributed by atoms with Crippen molar-refractivity contribution in [3.05, 3.63) is 65.9 Å². The summed E-state index contributed by atoms with van der Waals surface area (Å²) in [6.07, 6.45) is -0.130. The molecule has 1 atom stereocenters. The van der Waals surface area contributed by atoms with Crippen molar-refractivity contribution in [1.82, 2.24) is 20.4 Å². The van der Waals surface area contributed by atoms with Crippen LogP contribution >= 0.6 is 0 Å². The Morgan fingerprint density at radius 2 is 1.89 bits per heavy atom. The minimum absolute atomic E-state index is 0.121. The number of ether oxygens (including phenoxy) is 2. The lowest BCUT2D eigenvalue weighted by molar-refractivity contribution is 0.0900. The maximum atomic E-state index is 12.3. The summed E-state index contributed by atoms with van der Waals surface area (Å²) in [6, 6.07) is 17.3. The molecule has 1 aliphatic heterocycles. The molecule has 0 bridgehead atoms. The summed E-state index contributed by atoms with van der Waals surface area (Å²) in [5.74, 6) is 1.46. The quantitative estimate of drug-likeness (QED) is 0.689. The highest BCUT2D eigenvalue weighted by molar-refractivity contribution is 5.94. The molecule has 0 aliphatic carbocycles. The van der Waals surface area contributed by atoms with E-state index in [1.165, 1.54) is 0 Å². The highest BCUT2D eigenvalue weighted by Crippen LogP contribution is 2.26. The fourth-order valence-corrected chi connectivity index (χ4v) is 3.23. The molecule has 2 N–H and O–H groups in total. The predicted molar refractivity (Wildman–Crippen MR) is 105 cm³/mol. The predicted octanol–water partition coefficient (Wildman–Crippen LogP) is 2.60. The topological polar surface area (TPSA) is 77.4 Å². The van der Waals surface area contributed by atoms with Crippen LogP contribution in [0.25, 0.3) is 11.3 Å². The zero-order valence-electron chi connectivity index (χ0n) is 15.8. The van der Waals surface area contributed by atoms with Gasteiger partial charge in [0.05, 0.1) is 26.5 Å². The van der Waals surface area contributed by atoms with Gasteiger partial charge in [-0.25, -0.2) is 4.68 Å². The van der Waals surface area contributed by atoms with E-state index in [2.05, 4.69) is 15.7 Å². The van der Waals surface area contributed by atoms with Gasteiger partial charge in [-0.05, 0) is 35.9 Å². The Hall–Kier alpha value is -3.32. The SMILES string of the molecule is COc1ccc(CN[C@H]2CNC(=O)c3cc(-c4cccc(OC)c4)nn32)cc1. The van der Waals surface area contributed by atoms with Crippen LogP contribution < -0.4 is 20.1 Å². The van der Waals surface area contributed by atoms with Gasteiger partial charge >= 0.3 is 0 Å². The zero-order valence-corrected chi connectivity index (χ0v) is 15.8. The van der Waals surface area contributed by atoms with E-state index >= 15 is 0 Å². The van der Waals surface area contributed by atoms with Crippen molar-refractivity contribution in [2.75, 3.05) is 20.8 Å². The third-order valence-electron chi connectivity index (χ3n) is 4.79. The van der Waals surface area contributed by atoms with Crippen molar-refractivity contribution in [2.24, 2.45) is 0 Å². The second-order valence-corrected chi connectivity index (χ2v) is 6.55. The maximum absolute atomic E-state index is 12.3. The van der Waals surface area contributed by atoms with Gasteiger partial charge in [0.2, 0.25) is 0 Å². The van der Waals surface area contributed by atoms with E-state index in [0.717, 1.165) is 28.3 Å². The lowest BCUT2D eigenvalue weighted by Crippen LogP contribution is -2.45. The average Bonchev–Trinajstić information content (AvgIpc) is 3.20. The maximum Gasteiger partial charge on any atom is 0.269 e. The Labute approximate surface area is 163 Å². The van der Waals surface area contributed by atoms with E-state index in [0.29, 0.717) is 18.8 Å². The number of hydrogen-bond acceptors (Lipinski definition) is 5. The molecule has 28 heavy (non-hydrogen) atoms. The first kappa shape index (κ1) is 18.1. The number of fused-ring (bicyclic) bond motifs is 1. The van der Waals surface area contributed by atoms with Crippen LogP contribution in [0.2, 0.25) is 0 Å². The van der Waals surface area contributed by atoms with E-state index < -0.39 is 0 Å². The Kier molecular flexibility index (Phi) is 4.99. The molecule has 7 nitrogen and oxygen atoms in total. The van der Waals surface area contributed by atoms with Crippen LogP contribution in [0, 0.1) is 0 Å². The fourth-order valence-electron chi connectivity index (χ4n) is 3.23. The number of benzene rings is 2. The smallest absolute Gasteiger partial charge is 0.269 e. The van der Waals surface area contributed by atoms with Crippen LogP contribution in [0.3, 0.4) is 0 Å². The van der Waals surface area contributed by atoms with Crippen molar-refractivity contribution in [3.8, 4) is 22.8 Å². The fraction of sp³-hybridized carbons (Fsp3) is 0.238. The molecule has 2 aromatic carbocycles. The number of carbonyl (C=O) groups excluding carboxylic acids is 1. The lowest BCUT2D eigenvalue weighted by atomic mass is 10.1. The van der Waals surface area contributed by atoms with E-state index in [9.17, 15) is 4.79 Å². The largest absolute Gasteiger partial charge is 0.497 e. The van der Waals surface area contributed by atoms with Gasteiger partial charge in [-0.2, -0.15) is 5.10 Å². The highest BCUT2D eigenvalue weighted by Gasteiger charge is 2.27. The molecule has 0 spiro atoms. The Morgan fingerprint density at radius 3 is 2.64 bits per heavy atom. The number of methoxy groups -OCH3 is 2. The summed E-state index contributed by atoms with van der Waals surface area (Å²) in [7, 11) is 3.28. The van der Waals surface area contributed by atoms with Gasteiger partial charge in [-0.3, -0.25) is 10.1 Å². The van der Waals surface area contributed by atoms with E-state index in [1.807, 2.05) is 54.6 Å². The van der Waals surface area contributed by atoms with Crippen molar-refractivity contribution in [3.63, 3.8) is 0 Å². The number of nitrogens with zero attached hydrogens (tertiary/aromatic N) is 2. The number of carbonyl (C=O) groups is 1. The monoisotopic (exact) mass is 378 g/mol. The van der Waals surface area contributed by atoms with Gasteiger partial charge in [0.15, 0.2) is 0 Å². The normalized spacial score (nSPS) is 15.6. The molecule has 1 aromatic heterocycles. The molecule has 0 saturated heterocycles. The van der Waals surface area contributed by atoms with Gasteiger partial charge in [-0.15, -0.1) is 0 Å². The summed E-state index contributed by atoms with van der Waals surface area (Å²) in [4.78, 5) is 12.3. The molecule has 1 amide bonds. The molecule has 0 radical (unpaired) electrons. The third-order valence-corrected chi connectivity index (χ3v) is 4.79. The van der Waals surface area contributed by atoms with Crippen LogP contribution in [0.5, 0.6) is 11.5 Å². The molecule has 7 heteroatoms. The number of nitrogens with one attached hydrogen (secondary N) is 2. The summed E-state index contributed by atoms with van der Waals surface area (Å²) in [5.41, 5.74) is 3.31. The van der Waals surface area contributed by atoms with E-state index in [1.54, 1.807) is 18.9 Å². The first-order chi connectivity index (χ1) is 13.7. The van der Waals surface area contributed by atoms with Gasteiger partial charge < -0.3 is 14.8 Å². The van der Waals surface area contributed by atoms with Crippen LogP contribution in [0.1, 0.15) is 22.2 Å². The number of rotatable bonds is 6. The minimum Gasteiger partial charge on any atom is -0.497 e. The summed E-state index contributed by atoms with van der Waals surface area (Å²) >= 11 is 0. The Balaban J connectivity index is 1.56. The van der Waals surface area contributed by atoms with Crippen LogP contribution in [-0.4, -0.2) is 36.5 Å². The minimum atomic E-state index is -0.130. The summed E-state index contributed by atoms with van der Waals surface area (Å²) in [6.45, 7) is 1.12. The van der Waals surface area contributed by atoms with Crippen LogP contribution in [-0.2, 0) is 6.54 Å². The van der Waals surface area contributed by atoms with Gasteiger partial charge in [-0.1, -0.05) is 24.3 Å². The molecule has 4 rings (SSSR count). The highest BCUT2D eigenvalue weighted by atomic mass is 16.5. The molecule has 2 heterocycles. The molecule has 0 unspecified atom stereocenters. The van der Waals surface area contributed by atoms with Crippen molar-refractivity contribution < 1.29 is 14.3 Å². The first-order valence-corrected chi connectivity index (χ1v) is 9.06. The second-order valence-electron chi connectivity index (χ2n) is 6.55. The molecule has 1 aliphatic rings. The van der Waals surface area contributed by atoms with Crippen molar-refractivity contribution >= 4 is 5.91 Å². The molecular weight excluding hydrogens is 356 g/mol. The van der Waals surface area contributed by atoms with Crippen LogP contribution in [0.15, 0.2) is 54.6 Å². The number of hydrogen-bond donors (Lipinski definition) is 2. The van der Waals surface area contributed by atoms with Crippen molar-refractivity contribution in [2.45, 2.75) is 12.7 Å². The average molecular weight is 378 g/mol. The third kappa shape index (κ3) is 3.57. The zero-order chi connectivity index (χ0) is 19.5. The summed E-state index contributed by atoms with van der Waals surface area (Å²) < 4.78 is 12.2. The molecule has 3 aromatic rings. The lowest BCUT2D eigenvalue weighted by Gasteiger charge is -2.25. The van der Waals surface area contributed by atoms with Crippen molar-refractivity contribution in [1.29, 1.82) is 0 Å². The molecule has 0 saturated carbocycles.